The molecule has 2 atom stereocenters. The number of nitrogens with zero attached hydrogens (tertiary/aromatic N) is 1. The summed E-state index contributed by atoms with van der Waals surface area (Å²) in [5.41, 5.74) is 0. The summed E-state index contributed by atoms with van der Waals surface area (Å²) in [5.74, 6) is 0.245. The van der Waals surface area contributed by atoms with Gasteiger partial charge < -0.3 is 15.0 Å². The van der Waals surface area contributed by atoms with Crippen molar-refractivity contribution in [3.63, 3.8) is 0 Å². The van der Waals surface area contributed by atoms with Gasteiger partial charge in [-0.15, -0.1) is 0 Å². The standard InChI is InChI=1S/C10H18N2O2/c1-12-7-8(5-10(12)13)11-6-9-3-2-4-14-9/h8-9,11H,2-7H2,1H3. The number of carbonyl (C=O) groups excluding carboxylic acids is 1. The van der Waals surface area contributed by atoms with Crippen molar-refractivity contribution in [3.05, 3.63) is 0 Å². The van der Waals surface area contributed by atoms with Gasteiger partial charge in [0.05, 0.1) is 6.10 Å². The van der Waals surface area contributed by atoms with Gasteiger partial charge in [-0.2, -0.15) is 0 Å². The van der Waals surface area contributed by atoms with Crippen LogP contribution < -0.4 is 5.32 Å². The van der Waals surface area contributed by atoms with Crippen molar-refractivity contribution in [1.82, 2.24) is 10.2 Å². The highest BCUT2D eigenvalue weighted by Gasteiger charge is 2.27. The van der Waals surface area contributed by atoms with E-state index in [2.05, 4.69) is 5.32 Å². The number of likely N-dealkylation sites (tertiary alicyclic amines) is 1. The van der Waals surface area contributed by atoms with Crippen LogP contribution in [0.4, 0.5) is 0 Å². The predicted molar refractivity (Wildman–Crippen MR) is 53.0 cm³/mol. The van der Waals surface area contributed by atoms with Crippen LogP contribution in [0.25, 0.3) is 0 Å². The van der Waals surface area contributed by atoms with E-state index in [9.17, 15) is 4.79 Å². The molecule has 4 heteroatoms. The Morgan fingerprint density at radius 2 is 2.50 bits per heavy atom. The van der Waals surface area contributed by atoms with E-state index in [1.807, 2.05) is 7.05 Å². The molecule has 0 aromatic rings. The first-order valence-corrected chi connectivity index (χ1v) is 5.34. The number of amides is 1. The van der Waals surface area contributed by atoms with E-state index in [1.165, 1.54) is 6.42 Å². The Hall–Kier alpha value is -0.610. The topological polar surface area (TPSA) is 41.6 Å². The number of carbonyl (C=O) groups is 1. The highest BCUT2D eigenvalue weighted by Crippen LogP contribution is 2.13. The van der Waals surface area contributed by atoms with Crippen molar-refractivity contribution in [2.24, 2.45) is 0 Å². The Labute approximate surface area is 84.6 Å². The Balaban J connectivity index is 1.68. The minimum absolute atomic E-state index is 0.245. The molecule has 0 aromatic carbocycles. The van der Waals surface area contributed by atoms with E-state index >= 15 is 0 Å². The lowest BCUT2D eigenvalue weighted by atomic mass is 10.2. The zero-order valence-corrected chi connectivity index (χ0v) is 8.66. The first kappa shape index (κ1) is 9.93. The molecule has 2 aliphatic heterocycles. The van der Waals surface area contributed by atoms with Gasteiger partial charge in [-0.25, -0.2) is 0 Å². The first-order valence-electron chi connectivity index (χ1n) is 5.34. The van der Waals surface area contributed by atoms with E-state index < -0.39 is 0 Å². The molecule has 2 rings (SSSR count). The molecule has 14 heavy (non-hydrogen) atoms. The number of ether oxygens (including phenoxy) is 1. The lowest BCUT2D eigenvalue weighted by Gasteiger charge is -2.15. The van der Waals surface area contributed by atoms with Crippen molar-refractivity contribution in [3.8, 4) is 0 Å². The largest absolute Gasteiger partial charge is 0.377 e. The molecule has 0 aliphatic carbocycles. The summed E-state index contributed by atoms with van der Waals surface area (Å²) in [6, 6.07) is 0.330. The molecule has 0 saturated carbocycles. The second kappa shape index (κ2) is 4.28. The summed E-state index contributed by atoms with van der Waals surface area (Å²) < 4.78 is 5.51. The maximum atomic E-state index is 11.2. The Kier molecular flexibility index (Phi) is 3.03. The Morgan fingerprint density at radius 1 is 1.64 bits per heavy atom. The van der Waals surface area contributed by atoms with Crippen LogP contribution in [0, 0.1) is 0 Å². The third-order valence-electron chi connectivity index (χ3n) is 3.00. The summed E-state index contributed by atoms with van der Waals surface area (Å²) in [4.78, 5) is 13.0. The summed E-state index contributed by atoms with van der Waals surface area (Å²) in [6.07, 6.45) is 3.35. The highest BCUT2D eigenvalue weighted by atomic mass is 16.5. The molecular weight excluding hydrogens is 180 g/mol. The molecule has 0 radical (unpaired) electrons. The summed E-state index contributed by atoms with van der Waals surface area (Å²) >= 11 is 0. The molecular formula is C10H18N2O2. The number of hydrogen-bond donors (Lipinski definition) is 1. The van der Waals surface area contributed by atoms with Crippen molar-refractivity contribution < 1.29 is 9.53 Å². The molecule has 0 spiro atoms. The SMILES string of the molecule is CN1CC(NCC2CCCO2)CC1=O. The van der Waals surface area contributed by atoms with Crippen LogP contribution in [0.5, 0.6) is 0 Å². The molecule has 1 amide bonds. The fourth-order valence-corrected chi connectivity index (χ4v) is 2.10. The lowest BCUT2D eigenvalue weighted by Crippen LogP contribution is -2.36. The van der Waals surface area contributed by atoms with Gasteiger partial charge in [0.2, 0.25) is 5.91 Å². The molecule has 2 unspecified atom stereocenters. The van der Waals surface area contributed by atoms with E-state index in [4.69, 9.17) is 4.74 Å². The lowest BCUT2D eigenvalue weighted by molar-refractivity contribution is -0.126. The smallest absolute Gasteiger partial charge is 0.224 e. The average Bonchev–Trinajstić information content (AvgIpc) is 2.74. The van der Waals surface area contributed by atoms with Gasteiger partial charge in [0.25, 0.3) is 0 Å². The van der Waals surface area contributed by atoms with Crippen molar-refractivity contribution in [1.29, 1.82) is 0 Å². The molecule has 80 valence electrons. The van der Waals surface area contributed by atoms with Gasteiger partial charge in [-0.1, -0.05) is 0 Å². The second-order valence-electron chi connectivity index (χ2n) is 4.22. The van der Waals surface area contributed by atoms with Crippen LogP contribution in [0.15, 0.2) is 0 Å². The maximum absolute atomic E-state index is 11.2. The Morgan fingerprint density at radius 3 is 3.07 bits per heavy atom. The summed E-state index contributed by atoms with van der Waals surface area (Å²) in [5, 5.41) is 3.40. The second-order valence-corrected chi connectivity index (χ2v) is 4.22. The van der Waals surface area contributed by atoms with Gasteiger partial charge in [0.1, 0.15) is 0 Å². The minimum atomic E-state index is 0.245. The number of likely N-dealkylation sites (N-methyl/N-ethyl adjacent to an activating group) is 1. The van der Waals surface area contributed by atoms with Crippen LogP contribution in [0.2, 0.25) is 0 Å². The molecule has 2 aliphatic rings. The van der Waals surface area contributed by atoms with Crippen LogP contribution in [-0.2, 0) is 9.53 Å². The van der Waals surface area contributed by atoms with E-state index in [-0.39, 0.29) is 5.91 Å². The summed E-state index contributed by atoms with van der Waals surface area (Å²) in [6.45, 7) is 2.63. The van der Waals surface area contributed by atoms with Crippen LogP contribution in [0.3, 0.4) is 0 Å². The van der Waals surface area contributed by atoms with E-state index in [0.29, 0.717) is 18.6 Å². The molecule has 2 fully saturated rings. The third kappa shape index (κ3) is 2.25. The normalized spacial score (nSPS) is 32.9. The quantitative estimate of drug-likeness (QED) is 0.693. The number of nitrogens with one attached hydrogen (secondary N) is 1. The fourth-order valence-electron chi connectivity index (χ4n) is 2.10. The Bertz CT molecular complexity index is 214. The van der Waals surface area contributed by atoms with E-state index in [1.54, 1.807) is 4.90 Å². The van der Waals surface area contributed by atoms with Gasteiger partial charge in [0, 0.05) is 39.2 Å². The zero-order chi connectivity index (χ0) is 9.97. The molecule has 1 N–H and O–H groups in total. The minimum Gasteiger partial charge on any atom is -0.377 e. The molecule has 0 aromatic heterocycles. The highest BCUT2D eigenvalue weighted by molar-refractivity contribution is 5.78. The number of rotatable bonds is 3. The van der Waals surface area contributed by atoms with Crippen molar-refractivity contribution in [2.45, 2.75) is 31.4 Å². The van der Waals surface area contributed by atoms with Gasteiger partial charge in [-0.3, -0.25) is 4.79 Å². The van der Waals surface area contributed by atoms with Gasteiger partial charge >= 0.3 is 0 Å². The summed E-state index contributed by atoms with van der Waals surface area (Å²) in [7, 11) is 1.86. The van der Waals surface area contributed by atoms with Crippen LogP contribution >= 0.6 is 0 Å². The van der Waals surface area contributed by atoms with E-state index in [0.717, 1.165) is 26.1 Å². The maximum Gasteiger partial charge on any atom is 0.224 e. The van der Waals surface area contributed by atoms with Crippen molar-refractivity contribution in [2.75, 3.05) is 26.7 Å². The van der Waals surface area contributed by atoms with Crippen molar-refractivity contribution >= 4 is 5.91 Å². The fraction of sp³-hybridized carbons (Fsp3) is 0.900. The number of hydrogen-bond acceptors (Lipinski definition) is 3. The first-order chi connectivity index (χ1) is 6.75. The molecule has 2 saturated heterocycles. The average molecular weight is 198 g/mol. The zero-order valence-electron chi connectivity index (χ0n) is 8.66. The third-order valence-corrected chi connectivity index (χ3v) is 3.00. The monoisotopic (exact) mass is 198 g/mol. The van der Waals surface area contributed by atoms with Gasteiger partial charge in [-0.05, 0) is 12.8 Å². The molecule has 4 nitrogen and oxygen atoms in total. The molecule has 2 heterocycles. The molecule has 0 bridgehead atoms. The van der Waals surface area contributed by atoms with Crippen LogP contribution in [-0.4, -0.2) is 49.7 Å². The van der Waals surface area contributed by atoms with Gasteiger partial charge in [0.15, 0.2) is 0 Å². The predicted octanol–water partition coefficient (Wildman–Crippen LogP) is -0.0143. The van der Waals surface area contributed by atoms with Crippen LogP contribution in [0.1, 0.15) is 19.3 Å².